The van der Waals surface area contributed by atoms with Crippen LogP contribution < -0.4 is 0 Å². The number of unbranched alkanes of at least 4 members (excludes halogenated alkanes) is 3. The highest BCUT2D eigenvalue weighted by Gasteiger charge is 2.90. The van der Waals surface area contributed by atoms with Gasteiger partial charge in [0.15, 0.2) is 17.0 Å². The van der Waals surface area contributed by atoms with Gasteiger partial charge in [-0.25, -0.2) is 0 Å². The lowest BCUT2D eigenvalue weighted by molar-refractivity contribution is -0.407. The smallest absolute Gasteiger partial charge is 0.307 e. The molecule has 3 aliphatic carbocycles. The fourth-order valence-electron chi connectivity index (χ4n) is 8.66. The average Bonchev–Trinajstić information content (AvgIpc) is 3.57. The van der Waals surface area contributed by atoms with Gasteiger partial charge in [0.1, 0.15) is 30.0 Å². The maximum absolute atomic E-state index is 13.7. The van der Waals surface area contributed by atoms with Gasteiger partial charge in [-0.15, -0.1) is 0 Å². The number of carbonyl (C=O) groups excluding carboxylic acids is 2. The Bertz CT molecular complexity index is 1290. The zero-order chi connectivity index (χ0) is 30.5. The van der Waals surface area contributed by atoms with Gasteiger partial charge in [-0.2, -0.15) is 0 Å². The molecule has 3 aliphatic heterocycles. The van der Waals surface area contributed by atoms with E-state index in [-0.39, 0.29) is 5.57 Å². The van der Waals surface area contributed by atoms with Crippen molar-refractivity contribution >= 4 is 11.8 Å². The molecule has 0 radical (unpaired) electrons. The van der Waals surface area contributed by atoms with Gasteiger partial charge in [-0.3, -0.25) is 9.59 Å². The van der Waals surface area contributed by atoms with E-state index in [2.05, 4.69) is 13.5 Å². The molecule has 2 saturated carbocycles. The van der Waals surface area contributed by atoms with Gasteiger partial charge < -0.3 is 39.0 Å². The number of esters is 1. The van der Waals surface area contributed by atoms with Crippen molar-refractivity contribution in [3.63, 3.8) is 0 Å². The minimum atomic E-state index is -2.38. The fourth-order valence-corrected chi connectivity index (χ4v) is 8.66. The van der Waals surface area contributed by atoms with Gasteiger partial charge in [0.25, 0.3) is 0 Å². The molecule has 0 aromatic heterocycles. The molecule has 0 spiro atoms. The van der Waals surface area contributed by atoms with Crippen LogP contribution in [0.25, 0.3) is 0 Å². The highest BCUT2D eigenvalue weighted by molar-refractivity contribution is 6.05. The Kier molecular flexibility index (Phi) is 6.87. The van der Waals surface area contributed by atoms with Crippen LogP contribution in [0.2, 0.25) is 0 Å². The number of carbonyl (C=O) groups is 2. The summed E-state index contributed by atoms with van der Waals surface area (Å²) in [6.07, 6.45) is 8.71. The van der Waals surface area contributed by atoms with Crippen LogP contribution in [0.5, 0.6) is 0 Å². The van der Waals surface area contributed by atoms with Gasteiger partial charge in [-0.05, 0) is 37.8 Å². The number of Topliss-reactive ketones (excluding diaryl/α,β-unsaturated/α-hetero) is 1. The molecule has 230 valence electrons. The van der Waals surface area contributed by atoms with Crippen LogP contribution in [-0.2, 0) is 33.3 Å². The van der Waals surface area contributed by atoms with Crippen LogP contribution in [0, 0.1) is 17.8 Å². The first kappa shape index (κ1) is 29.9. The molecular formula is C32H42O10. The molecule has 0 aromatic rings. The first-order valence-corrected chi connectivity index (χ1v) is 15.0. The zero-order valence-corrected chi connectivity index (χ0v) is 24.9. The Morgan fingerprint density at radius 3 is 2.55 bits per heavy atom. The minimum absolute atomic E-state index is 0.248. The number of ketones is 1. The molecule has 10 nitrogen and oxygen atoms in total. The van der Waals surface area contributed by atoms with E-state index in [0.29, 0.717) is 5.57 Å². The molecule has 3 N–H and O–H groups in total. The predicted octanol–water partition coefficient (Wildman–Crippen LogP) is 2.41. The number of epoxide rings is 1. The highest BCUT2D eigenvalue weighted by atomic mass is 16.9. The normalized spacial score (nSPS) is 50.0. The number of fused-ring (bicyclic) bond motifs is 3. The molecule has 6 rings (SSSR count). The molecule has 12 atom stereocenters. The number of ether oxygens (including phenoxy) is 5. The Labute approximate surface area is 246 Å². The average molecular weight is 587 g/mol. The van der Waals surface area contributed by atoms with E-state index in [1.54, 1.807) is 32.1 Å². The van der Waals surface area contributed by atoms with E-state index >= 15 is 0 Å². The second kappa shape index (κ2) is 9.66. The molecule has 0 aromatic carbocycles. The topological polar surface area (TPSA) is 144 Å². The van der Waals surface area contributed by atoms with E-state index in [0.717, 1.165) is 25.7 Å². The van der Waals surface area contributed by atoms with Crippen molar-refractivity contribution in [1.82, 2.24) is 0 Å². The van der Waals surface area contributed by atoms with Crippen LogP contribution in [0.4, 0.5) is 0 Å². The highest BCUT2D eigenvalue weighted by Crippen LogP contribution is 2.73. The van der Waals surface area contributed by atoms with Gasteiger partial charge in [-0.1, -0.05) is 57.6 Å². The first-order valence-electron chi connectivity index (χ1n) is 15.0. The van der Waals surface area contributed by atoms with E-state index in [1.807, 2.05) is 19.1 Å². The molecule has 5 fully saturated rings. The number of allylic oxidation sites excluding steroid dienone is 3. The van der Waals surface area contributed by atoms with E-state index < -0.39 is 88.9 Å². The quantitative estimate of drug-likeness (QED) is 0.121. The van der Waals surface area contributed by atoms with E-state index in [9.17, 15) is 24.9 Å². The number of hydrogen-bond acceptors (Lipinski definition) is 10. The number of hydrogen-bond donors (Lipinski definition) is 3. The lowest BCUT2D eigenvalue weighted by atomic mass is 9.53. The summed E-state index contributed by atoms with van der Waals surface area (Å²) in [6, 6.07) is 0. The lowest BCUT2D eigenvalue weighted by Gasteiger charge is -2.61. The Morgan fingerprint density at radius 1 is 1.17 bits per heavy atom. The molecular weight excluding hydrogens is 544 g/mol. The summed E-state index contributed by atoms with van der Waals surface area (Å²) in [5.41, 5.74) is -6.12. The first-order chi connectivity index (χ1) is 19.8. The number of aliphatic hydroxyl groups is 3. The van der Waals surface area contributed by atoms with Crippen molar-refractivity contribution in [3.8, 4) is 0 Å². The van der Waals surface area contributed by atoms with Crippen molar-refractivity contribution in [1.29, 1.82) is 0 Å². The molecule has 10 heteroatoms. The summed E-state index contributed by atoms with van der Waals surface area (Å²) in [5, 5.41) is 34.4. The fraction of sp³-hybridized carbons (Fsp3) is 0.688. The van der Waals surface area contributed by atoms with Gasteiger partial charge >= 0.3 is 11.9 Å². The largest absolute Gasteiger partial charge is 0.459 e. The van der Waals surface area contributed by atoms with Crippen molar-refractivity contribution in [2.24, 2.45) is 17.8 Å². The third-order valence-corrected chi connectivity index (χ3v) is 10.6. The Morgan fingerprint density at radius 2 is 1.90 bits per heavy atom. The van der Waals surface area contributed by atoms with Crippen molar-refractivity contribution in [3.05, 3.63) is 48.1 Å². The maximum atomic E-state index is 13.7. The summed E-state index contributed by atoms with van der Waals surface area (Å²) in [5.74, 6) is -5.58. The molecule has 3 saturated heterocycles. The van der Waals surface area contributed by atoms with Crippen LogP contribution in [-0.4, -0.2) is 86.5 Å². The van der Waals surface area contributed by atoms with E-state index in [4.69, 9.17) is 23.7 Å². The van der Waals surface area contributed by atoms with Gasteiger partial charge in [0.2, 0.25) is 0 Å². The molecule has 3 bridgehead atoms. The second-order valence-corrected chi connectivity index (χ2v) is 12.9. The Hall–Kier alpha value is -2.18. The maximum Gasteiger partial charge on any atom is 0.307 e. The van der Waals surface area contributed by atoms with Crippen molar-refractivity contribution < 1.29 is 48.6 Å². The van der Waals surface area contributed by atoms with E-state index in [1.165, 1.54) is 6.92 Å². The summed E-state index contributed by atoms with van der Waals surface area (Å²) in [4.78, 5) is 26.2. The van der Waals surface area contributed by atoms with Crippen LogP contribution in [0.1, 0.15) is 60.3 Å². The second-order valence-electron chi connectivity index (χ2n) is 12.9. The summed E-state index contributed by atoms with van der Waals surface area (Å²) < 4.78 is 32.4. The third kappa shape index (κ3) is 3.51. The van der Waals surface area contributed by atoms with Crippen molar-refractivity contribution in [2.45, 2.75) is 113 Å². The van der Waals surface area contributed by atoms with Crippen molar-refractivity contribution in [2.75, 3.05) is 6.61 Å². The van der Waals surface area contributed by atoms with Crippen LogP contribution >= 0.6 is 0 Å². The lowest BCUT2D eigenvalue weighted by Crippen LogP contribution is -2.76. The molecule has 0 unspecified atom stereocenters. The summed E-state index contributed by atoms with van der Waals surface area (Å²) >= 11 is 0. The summed E-state index contributed by atoms with van der Waals surface area (Å²) in [7, 11) is 0. The third-order valence-electron chi connectivity index (χ3n) is 10.6. The van der Waals surface area contributed by atoms with Gasteiger partial charge in [0.05, 0.1) is 12.2 Å². The Balaban J connectivity index is 1.55. The minimum Gasteiger partial charge on any atom is -0.459 e. The number of rotatable bonds is 9. The van der Waals surface area contributed by atoms with Gasteiger partial charge in [0, 0.05) is 30.8 Å². The monoisotopic (exact) mass is 586 g/mol. The molecule has 0 amide bonds. The van der Waals surface area contributed by atoms with Crippen LogP contribution in [0.15, 0.2) is 48.1 Å². The molecule has 3 heterocycles. The number of aliphatic hydroxyl groups excluding tert-OH is 2. The SMILES string of the molecule is C=C(C)[C@@]12O[C@@]3(/C=C/C=C/CCCCC)O[C@@H]1[C@@H]1[C@@H]4O[C@]4(CO)[C@@H](O)[C@]4(O)C(=O)C(C)=C[C@H]4[C@@]1(O3)[C@H](C)[C@H]2OC(C)=O. The summed E-state index contributed by atoms with van der Waals surface area (Å²) in [6.45, 7) is 12.2. The molecule has 42 heavy (non-hydrogen) atoms. The van der Waals surface area contributed by atoms with Crippen LogP contribution in [0.3, 0.4) is 0 Å². The predicted molar refractivity (Wildman–Crippen MR) is 149 cm³/mol. The molecule has 6 aliphatic rings. The standard InChI is InChI=1S/C32H42O10/c1-7-8-9-10-11-12-13-14-29-40-26-22-25-28(16-33,39-25)27(36)30(37)21(15-18(4)23(30)35)32(22,42-29)19(5)24(38-20(6)34)31(26,41-29)17(2)3/h11-15,19,21-22,24-27,33,36-37H,2,7-10,16H2,1,3-6H3/b12-11+,14-13+/t19-,21-,22+,24-,25+,26-,27-,28+,29-,30-,31+,32+/m1/s1. The zero-order valence-electron chi connectivity index (χ0n) is 24.9.